The molecule has 1 aliphatic heterocycles. The first-order chi connectivity index (χ1) is 12.8. The first-order valence-corrected chi connectivity index (χ1v) is 8.18. The SMILES string of the molecule is COC(=O)CN1C(=O)NC(=Cc2cc(C)n(-c3cccc(F)c3)c2C)C1=O. The van der Waals surface area contributed by atoms with Gasteiger partial charge in [0.1, 0.15) is 18.1 Å². The van der Waals surface area contributed by atoms with Crippen LogP contribution >= 0.6 is 0 Å². The zero-order valence-corrected chi connectivity index (χ0v) is 15.1. The van der Waals surface area contributed by atoms with Crippen LogP contribution in [0.2, 0.25) is 0 Å². The van der Waals surface area contributed by atoms with Gasteiger partial charge in [-0.1, -0.05) is 6.07 Å². The number of hydrogen-bond donors (Lipinski definition) is 1. The fourth-order valence-electron chi connectivity index (χ4n) is 3.01. The molecule has 7 nitrogen and oxygen atoms in total. The zero-order chi connectivity index (χ0) is 19.7. The summed E-state index contributed by atoms with van der Waals surface area (Å²) >= 11 is 0. The number of esters is 1. The smallest absolute Gasteiger partial charge is 0.329 e. The van der Waals surface area contributed by atoms with Crippen molar-refractivity contribution >= 4 is 24.0 Å². The molecule has 0 atom stereocenters. The Morgan fingerprint density at radius 3 is 2.67 bits per heavy atom. The molecule has 1 aromatic heterocycles. The van der Waals surface area contributed by atoms with Crippen LogP contribution < -0.4 is 5.32 Å². The molecule has 0 radical (unpaired) electrons. The highest BCUT2D eigenvalue weighted by molar-refractivity contribution is 6.15. The summed E-state index contributed by atoms with van der Waals surface area (Å²) in [6, 6.07) is 7.32. The van der Waals surface area contributed by atoms with E-state index in [1.165, 1.54) is 25.3 Å². The summed E-state index contributed by atoms with van der Waals surface area (Å²) in [7, 11) is 1.18. The number of rotatable bonds is 4. The average molecular weight is 371 g/mol. The van der Waals surface area contributed by atoms with Gasteiger partial charge in [0.05, 0.1) is 7.11 Å². The lowest BCUT2D eigenvalue weighted by molar-refractivity contribution is -0.143. The summed E-state index contributed by atoms with van der Waals surface area (Å²) in [5, 5.41) is 2.46. The van der Waals surface area contributed by atoms with E-state index >= 15 is 0 Å². The van der Waals surface area contributed by atoms with Crippen molar-refractivity contribution in [1.29, 1.82) is 0 Å². The van der Waals surface area contributed by atoms with Gasteiger partial charge in [-0.15, -0.1) is 0 Å². The lowest BCUT2D eigenvalue weighted by atomic mass is 10.2. The Bertz CT molecular complexity index is 977. The third-order valence-corrected chi connectivity index (χ3v) is 4.31. The van der Waals surface area contributed by atoms with Crippen molar-refractivity contribution in [3.05, 3.63) is 58.8 Å². The van der Waals surface area contributed by atoms with Crippen molar-refractivity contribution in [2.45, 2.75) is 13.8 Å². The van der Waals surface area contributed by atoms with Gasteiger partial charge in [0, 0.05) is 17.1 Å². The molecule has 1 fully saturated rings. The van der Waals surface area contributed by atoms with Crippen LogP contribution in [-0.4, -0.2) is 41.0 Å². The first kappa shape index (κ1) is 18.4. The van der Waals surface area contributed by atoms with Crippen LogP contribution in [0.4, 0.5) is 9.18 Å². The summed E-state index contributed by atoms with van der Waals surface area (Å²) in [6.07, 6.45) is 1.54. The van der Waals surface area contributed by atoms with E-state index in [1.54, 1.807) is 12.1 Å². The average Bonchev–Trinajstić information content (AvgIpc) is 3.05. The fourth-order valence-corrected chi connectivity index (χ4v) is 3.01. The van der Waals surface area contributed by atoms with Crippen LogP contribution in [0.5, 0.6) is 0 Å². The minimum Gasteiger partial charge on any atom is -0.468 e. The topological polar surface area (TPSA) is 80.6 Å². The van der Waals surface area contributed by atoms with Crippen molar-refractivity contribution in [2.24, 2.45) is 0 Å². The number of halogens is 1. The van der Waals surface area contributed by atoms with E-state index < -0.39 is 24.5 Å². The lowest BCUT2D eigenvalue weighted by Gasteiger charge is -2.10. The molecule has 0 saturated carbocycles. The molecule has 1 aromatic carbocycles. The van der Waals surface area contributed by atoms with Crippen LogP contribution in [0, 0.1) is 19.7 Å². The maximum absolute atomic E-state index is 13.6. The number of amides is 3. The molecule has 2 aromatic rings. The second-order valence-electron chi connectivity index (χ2n) is 6.10. The molecule has 1 aliphatic rings. The van der Waals surface area contributed by atoms with Crippen molar-refractivity contribution in [3.8, 4) is 5.69 Å². The molecule has 1 N–H and O–H groups in total. The minimum absolute atomic E-state index is 0.0587. The quantitative estimate of drug-likeness (QED) is 0.508. The Morgan fingerprint density at radius 1 is 1.26 bits per heavy atom. The summed E-state index contributed by atoms with van der Waals surface area (Å²) in [4.78, 5) is 36.5. The lowest BCUT2D eigenvalue weighted by Crippen LogP contribution is -2.36. The van der Waals surface area contributed by atoms with Crippen LogP contribution in [0.25, 0.3) is 11.8 Å². The predicted octanol–water partition coefficient (Wildman–Crippen LogP) is 2.30. The molecule has 2 heterocycles. The molecule has 3 amide bonds. The van der Waals surface area contributed by atoms with Gasteiger partial charge in [-0.3, -0.25) is 9.59 Å². The van der Waals surface area contributed by atoms with E-state index in [2.05, 4.69) is 10.1 Å². The standard InChI is InChI=1S/C19H18FN3O4/c1-11-7-13(12(2)23(11)15-6-4-5-14(20)9-15)8-16-18(25)22(19(26)21-16)10-17(24)27-3/h4-9H,10H2,1-3H3,(H,21,26). The number of aromatic nitrogens is 1. The molecular formula is C19H18FN3O4. The van der Waals surface area contributed by atoms with Gasteiger partial charge in [-0.2, -0.15) is 0 Å². The van der Waals surface area contributed by atoms with E-state index in [0.717, 1.165) is 16.3 Å². The van der Waals surface area contributed by atoms with Crippen LogP contribution in [0.1, 0.15) is 17.0 Å². The van der Waals surface area contributed by atoms with E-state index in [4.69, 9.17) is 0 Å². The number of carbonyl (C=O) groups is 3. The third-order valence-electron chi connectivity index (χ3n) is 4.31. The van der Waals surface area contributed by atoms with E-state index in [1.807, 2.05) is 24.5 Å². The Hall–Kier alpha value is -3.42. The predicted molar refractivity (Wildman–Crippen MR) is 95.4 cm³/mol. The van der Waals surface area contributed by atoms with Gasteiger partial charge in [0.25, 0.3) is 5.91 Å². The largest absolute Gasteiger partial charge is 0.468 e. The van der Waals surface area contributed by atoms with Gasteiger partial charge >= 0.3 is 12.0 Å². The minimum atomic E-state index is -0.691. The summed E-state index contributed by atoms with van der Waals surface area (Å²) in [5.74, 6) is -1.65. The molecule has 140 valence electrons. The Balaban J connectivity index is 1.94. The maximum atomic E-state index is 13.6. The third kappa shape index (κ3) is 3.46. The van der Waals surface area contributed by atoms with E-state index in [9.17, 15) is 18.8 Å². The molecule has 8 heteroatoms. The fraction of sp³-hybridized carbons (Fsp3) is 0.211. The summed E-state index contributed by atoms with van der Waals surface area (Å²) < 4.78 is 19.9. The van der Waals surface area contributed by atoms with Gasteiger partial charge in [0.15, 0.2) is 0 Å². The number of aryl methyl sites for hydroxylation is 1. The maximum Gasteiger partial charge on any atom is 0.329 e. The summed E-state index contributed by atoms with van der Waals surface area (Å²) in [5.41, 5.74) is 3.03. The highest BCUT2D eigenvalue weighted by atomic mass is 19.1. The number of carbonyl (C=O) groups excluding carboxylic acids is 3. The monoisotopic (exact) mass is 371 g/mol. The van der Waals surface area contributed by atoms with Crippen LogP contribution in [0.3, 0.4) is 0 Å². The second-order valence-corrected chi connectivity index (χ2v) is 6.10. The van der Waals surface area contributed by atoms with Crippen molar-refractivity contribution in [3.63, 3.8) is 0 Å². The number of ether oxygens (including phenoxy) is 1. The molecule has 0 aliphatic carbocycles. The number of urea groups is 1. The van der Waals surface area contributed by atoms with E-state index in [-0.39, 0.29) is 11.5 Å². The van der Waals surface area contributed by atoms with Crippen molar-refractivity contribution in [1.82, 2.24) is 14.8 Å². The zero-order valence-electron chi connectivity index (χ0n) is 15.1. The van der Waals surface area contributed by atoms with Gasteiger partial charge < -0.3 is 14.6 Å². The highest BCUT2D eigenvalue weighted by Crippen LogP contribution is 2.24. The first-order valence-electron chi connectivity index (χ1n) is 8.18. The van der Waals surface area contributed by atoms with Gasteiger partial charge in [-0.05, 0) is 49.8 Å². The number of imide groups is 1. The Morgan fingerprint density at radius 2 is 2.00 bits per heavy atom. The van der Waals surface area contributed by atoms with Crippen LogP contribution in [0.15, 0.2) is 36.0 Å². The number of nitrogens with one attached hydrogen (secondary N) is 1. The van der Waals surface area contributed by atoms with Gasteiger partial charge in [-0.25, -0.2) is 14.1 Å². The molecular weight excluding hydrogens is 353 g/mol. The number of benzene rings is 1. The molecule has 3 rings (SSSR count). The Labute approximate surface area is 155 Å². The molecule has 0 unspecified atom stereocenters. The second kappa shape index (κ2) is 7.06. The molecule has 1 saturated heterocycles. The highest BCUT2D eigenvalue weighted by Gasteiger charge is 2.35. The van der Waals surface area contributed by atoms with Gasteiger partial charge in [0.2, 0.25) is 0 Å². The Kier molecular flexibility index (Phi) is 4.81. The normalized spacial score (nSPS) is 15.4. The number of nitrogens with zero attached hydrogens (tertiary/aromatic N) is 2. The van der Waals surface area contributed by atoms with Crippen LogP contribution in [-0.2, 0) is 14.3 Å². The molecule has 27 heavy (non-hydrogen) atoms. The summed E-state index contributed by atoms with van der Waals surface area (Å²) in [6.45, 7) is 3.23. The number of methoxy groups -OCH3 is 1. The van der Waals surface area contributed by atoms with E-state index in [0.29, 0.717) is 11.3 Å². The van der Waals surface area contributed by atoms with Crippen molar-refractivity contribution in [2.75, 3.05) is 13.7 Å². The molecule has 0 spiro atoms. The van der Waals surface area contributed by atoms with Crippen molar-refractivity contribution < 1.29 is 23.5 Å². The number of hydrogen-bond acceptors (Lipinski definition) is 4. The molecule has 0 bridgehead atoms.